The van der Waals surface area contributed by atoms with E-state index in [0.29, 0.717) is 18.3 Å². The number of hydrogen-bond donors (Lipinski definition) is 2. The predicted octanol–water partition coefficient (Wildman–Crippen LogP) is 2.75. The first-order chi connectivity index (χ1) is 14.9. The number of anilines is 1. The van der Waals surface area contributed by atoms with Crippen LogP contribution >= 0.6 is 11.6 Å². The van der Waals surface area contributed by atoms with E-state index in [9.17, 15) is 4.79 Å². The molecule has 1 saturated heterocycles. The number of halogens is 1. The molecule has 2 aromatic carbocycles. The van der Waals surface area contributed by atoms with E-state index in [1.165, 1.54) is 4.90 Å². The average Bonchev–Trinajstić information content (AvgIpc) is 3.23. The molecule has 1 aliphatic rings. The Kier molecular flexibility index (Phi) is 8.00. The van der Waals surface area contributed by atoms with Gasteiger partial charge in [0.2, 0.25) is 0 Å². The Morgan fingerprint density at radius 2 is 2.06 bits per heavy atom. The second-order valence-electron chi connectivity index (χ2n) is 7.71. The lowest BCUT2D eigenvalue weighted by Gasteiger charge is -2.20. The molecule has 3 rings (SSSR count). The number of likely N-dealkylation sites (N-methyl/N-ethyl adjacent to an activating group) is 1. The summed E-state index contributed by atoms with van der Waals surface area (Å²) < 4.78 is 5.59. The van der Waals surface area contributed by atoms with Gasteiger partial charge < -0.3 is 25.2 Å². The molecule has 1 aliphatic heterocycles. The van der Waals surface area contributed by atoms with E-state index in [4.69, 9.17) is 16.3 Å². The van der Waals surface area contributed by atoms with E-state index in [2.05, 4.69) is 26.6 Å². The quantitative estimate of drug-likeness (QED) is 0.508. The first-order valence-corrected chi connectivity index (χ1v) is 10.7. The van der Waals surface area contributed by atoms with Crippen LogP contribution in [0.15, 0.2) is 53.5 Å². The lowest BCUT2D eigenvalue weighted by molar-refractivity contribution is -0.130. The van der Waals surface area contributed by atoms with Crippen molar-refractivity contribution in [2.75, 3.05) is 45.7 Å². The summed E-state index contributed by atoms with van der Waals surface area (Å²) in [5.41, 5.74) is 2.19. The van der Waals surface area contributed by atoms with Crippen LogP contribution in [0.1, 0.15) is 12.0 Å². The Morgan fingerprint density at radius 1 is 1.26 bits per heavy atom. The Hall–Kier alpha value is -2.93. The molecule has 0 spiro atoms. The molecule has 1 heterocycles. The topological polar surface area (TPSA) is 69.2 Å². The molecular weight excluding hydrogens is 414 g/mol. The molecule has 1 fully saturated rings. The summed E-state index contributed by atoms with van der Waals surface area (Å²) in [5.74, 6) is 1.36. The lowest BCUT2D eigenvalue weighted by Crippen LogP contribution is -2.44. The predicted molar refractivity (Wildman–Crippen MR) is 126 cm³/mol. The van der Waals surface area contributed by atoms with Crippen molar-refractivity contribution in [3.8, 4) is 5.75 Å². The second kappa shape index (κ2) is 10.9. The Balaban J connectivity index is 1.49. The normalized spacial score (nSPS) is 16.2. The van der Waals surface area contributed by atoms with Crippen molar-refractivity contribution < 1.29 is 9.53 Å². The first-order valence-electron chi connectivity index (χ1n) is 10.3. The highest BCUT2D eigenvalue weighted by atomic mass is 35.5. The van der Waals surface area contributed by atoms with Gasteiger partial charge in [0.1, 0.15) is 5.75 Å². The van der Waals surface area contributed by atoms with Crippen LogP contribution in [0.5, 0.6) is 5.75 Å². The van der Waals surface area contributed by atoms with Gasteiger partial charge in [0.15, 0.2) is 12.6 Å². The highest BCUT2D eigenvalue weighted by molar-refractivity contribution is 6.30. The summed E-state index contributed by atoms with van der Waals surface area (Å²) in [6.07, 6.45) is 1.02. The van der Waals surface area contributed by atoms with Crippen molar-refractivity contribution in [2.24, 2.45) is 4.99 Å². The van der Waals surface area contributed by atoms with Gasteiger partial charge in [-0.05, 0) is 42.3 Å². The number of guanidine groups is 1. The van der Waals surface area contributed by atoms with E-state index in [-0.39, 0.29) is 12.5 Å². The van der Waals surface area contributed by atoms with Gasteiger partial charge in [0.05, 0.1) is 0 Å². The van der Waals surface area contributed by atoms with Crippen molar-refractivity contribution in [1.29, 1.82) is 0 Å². The maximum atomic E-state index is 11.7. The number of carbonyl (C=O) groups is 1. The van der Waals surface area contributed by atoms with Gasteiger partial charge >= 0.3 is 0 Å². The fraction of sp³-hybridized carbons (Fsp3) is 0.391. The van der Waals surface area contributed by atoms with Crippen molar-refractivity contribution in [3.05, 3.63) is 59.1 Å². The number of rotatable bonds is 7. The molecule has 0 bridgehead atoms. The van der Waals surface area contributed by atoms with Crippen molar-refractivity contribution >= 4 is 29.2 Å². The zero-order chi connectivity index (χ0) is 22.2. The van der Waals surface area contributed by atoms with Gasteiger partial charge in [-0.3, -0.25) is 9.79 Å². The lowest BCUT2D eigenvalue weighted by atomic mass is 10.2. The first kappa shape index (κ1) is 22.7. The van der Waals surface area contributed by atoms with Gasteiger partial charge in [-0.15, -0.1) is 0 Å². The third kappa shape index (κ3) is 6.79. The molecule has 0 saturated carbocycles. The third-order valence-corrected chi connectivity index (χ3v) is 5.38. The molecule has 0 aliphatic carbocycles. The largest absolute Gasteiger partial charge is 0.484 e. The zero-order valence-corrected chi connectivity index (χ0v) is 19.0. The van der Waals surface area contributed by atoms with Crippen LogP contribution in [0.3, 0.4) is 0 Å². The number of aliphatic imine (C=N–C) groups is 1. The Morgan fingerprint density at radius 3 is 2.81 bits per heavy atom. The highest BCUT2D eigenvalue weighted by Crippen LogP contribution is 2.23. The molecule has 0 radical (unpaired) electrons. The average molecular weight is 444 g/mol. The molecule has 2 N–H and O–H groups in total. The third-order valence-electron chi connectivity index (χ3n) is 5.15. The summed E-state index contributed by atoms with van der Waals surface area (Å²) in [6, 6.07) is 16.0. The number of benzene rings is 2. The number of ether oxygens (including phenoxy) is 1. The van der Waals surface area contributed by atoms with Crippen LogP contribution in [0.2, 0.25) is 5.02 Å². The number of nitrogens with one attached hydrogen (secondary N) is 2. The van der Waals surface area contributed by atoms with Gasteiger partial charge in [-0.25, -0.2) is 0 Å². The maximum Gasteiger partial charge on any atom is 0.259 e. The number of nitrogens with zero attached hydrogens (tertiary/aromatic N) is 3. The molecule has 31 heavy (non-hydrogen) atoms. The van der Waals surface area contributed by atoms with Crippen LogP contribution in [-0.4, -0.2) is 63.6 Å². The summed E-state index contributed by atoms with van der Waals surface area (Å²) in [4.78, 5) is 19.9. The van der Waals surface area contributed by atoms with Crippen LogP contribution in [0, 0.1) is 0 Å². The van der Waals surface area contributed by atoms with E-state index in [1.807, 2.05) is 42.5 Å². The van der Waals surface area contributed by atoms with Crippen LogP contribution < -0.4 is 20.3 Å². The van der Waals surface area contributed by atoms with Gasteiger partial charge in [-0.1, -0.05) is 29.8 Å². The van der Waals surface area contributed by atoms with E-state index >= 15 is 0 Å². The molecule has 2 aromatic rings. The second-order valence-corrected chi connectivity index (χ2v) is 8.14. The smallest absolute Gasteiger partial charge is 0.259 e. The molecule has 1 amide bonds. The van der Waals surface area contributed by atoms with E-state index in [1.54, 1.807) is 21.1 Å². The summed E-state index contributed by atoms with van der Waals surface area (Å²) in [5, 5.41) is 7.61. The van der Waals surface area contributed by atoms with E-state index in [0.717, 1.165) is 41.7 Å². The molecular formula is C23H30ClN5O2. The van der Waals surface area contributed by atoms with Crippen molar-refractivity contribution in [2.45, 2.75) is 19.0 Å². The zero-order valence-electron chi connectivity index (χ0n) is 18.3. The van der Waals surface area contributed by atoms with Gasteiger partial charge in [0.25, 0.3) is 5.91 Å². The van der Waals surface area contributed by atoms with Crippen LogP contribution in [0.4, 0.5) is 5.69 Å². The number of hydrogen-bond acceptors (Lipinski definition) is 4. The monoisotopic (exact) mass is 443 g/mol. The standard InChI is InChI=1S/C23H30ClN5O2/c1-25-23(27-19-10-11-29(15-19)20-8-5-7-18(24)13-20)26-14-17-6-4-9-21(12-17)31-16-22(30)28(2)3/h4-9,12-13,19H,10-11,14-16H2,1-3H3,(H2,25,26,27). The summed E-state index contributed by atoms with van der Waals surface area (Å²) in [6.45, 7) is 2.49. The Bertz CT molecular complexity index is 918. The minimum absolute atomic E-state index is 0.0257. The molecule has 7 nitrogen and oxygen atoms in total. The SMILES string of the molecule is CN=C(NCc1cccc(OCC(=O)N(C)C)c1)NC1CCN(c2cccc(Cl)c2)C1. The minimum atomic E-state index is -0.0727. The van der Waals surface area contributed by atoms with Gasteiger partial charge in [0, 0.05) is 57.5 Å². The van der Waals surface area contributed by atoms with Gasteiger partial charge in [-0.2, -0.15) is 0 Å². The molecule has 166 valence electrons. The number of carbonyl (C=O) groups excluding carboxylic acids is 1. The van der Waals surface area contributed by atoms with Crippen LogP contribution in [0.25, 0.3) is 0 Å². The van der Waals surface area contributed by atoms with Crippen molar-refractivity contribution in [1.82, 2.24) is 15.5 Å². The van der Waals surface area contributed by atoms with Crippen LogP contribution in [-0.2, 0) is 11.3 Å². The van der Waals surface area contributed by atoms with E-state index < -0.39 is 0 Å². The molecule has 1 atom stereocenters. The highest BCUT2D eigenvalue weighted by Gasteiger charge is 2.23. The minimum Gasteiger partial charge on any atom is -0.484 e. The molecule has 0 aromatic heterocycles. The fourth-order valence-corrected chi connectivity index (χ4v) is 3.56. The summed E-state index contributed by atoms with van der Waals surface area (Å²) in [7, 11) is 5.19. The molecule has 8 heteroatoms. The fourth-order valence-electron chi connectivity index (χ4n) is 3.38. The Labute approximate surface area is 189 Å². The maximum absolute atomic E-state index is 11.7. The van der Waals surface area contributed by atoms with Crippen molar-refractivity contribution in [3.63, 3.8) is 0 Å². The molecule has 1 unspecified atom stereocenters. The number of amides is 1. The summed E-state index contributed by atoms with van der Waals surface area (Å²) >= 11 is 6.13.